The molecule has 0 spiro atoms. The van der Waals surface area contributed by atoms with Crippen LogP contribution >= 0.6 is 0 Å². The fourth-order valence-electron chi connectivity index (χ4n) is 4.08. The van der Waals surface area contributed by atoms with E-state index >= 15 is 0 Å². The molecule has 0 radical (unpaired) electrons. The van der Waals surface area contributed by atoms with Gasteiger partial charge in [-0.3, -0.25) is 0 Å². The minimum atomic E-state index is -3.82. The van der Waals surface area contributed by atoms with E-state index in [9.17, 15) is 12.8 Å². The molecule has 1 aromatic carbocycles. The van der Waals surface area contributed by atoms with Gasteiger partial charge in [-0.1, -0.05) is 0 Å². The van der Waals surface area contributed by atoms with E-state index < -0.39 is 20.4 Å². The Labute approximate surface area is 190 Å². The number of benzene rings is 1. The highest BCUT2D eigenvalue weighted by Gasteiger charge is 2.58. The lowest BCUT2D eigenvalue weighted by molar-refractivity contribution is 0.0985. The number of sulfone groups is 1. The van der Waals surface area contributed by atoms with Crippen LogP contribution in [0.4, 0.5) is 16.2 Å². The summed E-state index contributed by atoms with van der Waals surface area (Å²) in [6.07, 6.45) is 3.86. The van der Waals surface area contributed by atoms with Crippen molar-refractivity contribution in [2.75, 3.05) is 30.4 Å². The Balaban J connectivity index is 1.64. The number of aromatic nitrogens is 4. The van der Waals surface area contributed by atoms with Crippen molar-refractivity contribution >= 4 is 21.6 Å². The van der Waals surface area contributed by atoms with Crippen molar-refractivity contribution in [2.24, 2.45) is 0 Å². The number of morpholine rings is 1. The summed E-state index contributed by atoms with van der Waals surface area (Å²) in [6.45, 7) is 3.73. The number of nitrogens with two attached hydrogens (primary N) is 1. The Kier molecular flexibility index (Phi) is 5.25. The lowest BCUT2D eigenvalue weighted by Gasteiger charge is -2.34. The van der Waals surface area contributed by atoms with Gasteiger partial charge < -0.3 is 15.4 Å². The third kappa shape index (κ3) is 3.80. The van der Waals surface area contributed by atoms with Crippen molar-refractivity contribution in [2.45, 2.75) is 35.4 Å². The van der Waals surface area contributed by atoms with Crippen LogP contribution in [0, 0.1) is 5.82 Å². The Morgan fingerprint density at radius 3 is 2.48 bits per heavy atom. The molecule has 5 rings (SSSR count). The molecule has 3 aromatic rings. The third-order valence-electron chi connectivity index (χ3n) is 6.11. The smallest absolute Gasteiger partial charge is 0.219 e. The zero-order valence-corrected chi connectivity index (χ0v) is 18.8. The zero-order chi connectivity index (χ0) is 23.2. The van der Waals surface area contributed by atoms with Crippen molar-refractivity contribution in [3.8, 4) is 11.4 Å². The van der Waals surface area contributed by atoms with Gasteiger partial charge >= 0.3 is 0 Å². The van der Waals surface area contributed by atoms with Crippen LogP contribution in [0.5, 0.6) is 0 Å². The van der Waals surface area contributed by atoms with Gasteiger partial charge in [0, 0.05) is 25.0 Å². The standard InChI is InChI=1S/C22H23FN6O3S/c1-14-13-32-9-8-29(14)19-10-18(27-20(28-19)15-11-25-21(24)26-12-15)22(6-7-22)33(30,31)17-4-2-16(23)3-5-17/h2-5,10-12,14H,6-9,13H2,1H3,(H2,24,25,26)/t14-/m0/s1. The summed E-state index contributed by atoms with van der Waals surface area (Å²) < 4.78 is 45.0. The summed E-state index contributed by atoms with van der Waals surface area (Å²) >= 11 is 0. The average Bonchev–Trinajstić information content (AvgIpc) is 3.63. The Bertz CT molecular complexity index is 1280. The predicted octanol–water partition coefficient (Wildman–Crippen LogP) is 2.34. The highest BCUT2D eigenvalue weighted by Crippen LogP contribution is 2.55. The maximum absolute atomic E-state index is 13.6. The highest BCUT2D eigenvalue weighted by atomic mass is 32.2. The fraction of sp³-hybridized carbons (Fsp3) is 0.364. The number of halogens is 1. The Hall–Kier alpha value is -3.18. The number of ether oxygens (including phenoxy) is 1. The highest BCUT2D eigenvalue weighted by molar-refractivity contribution is 7.92. The maximum atomic E-state index is 13.6. The first kappa shape index (κ1) is 21.7. The summed E-state index contributed by atoms with van der Waals surface area (Å²) in [5.74, 6) is 0.564. The summed E-state index contributed by atoms with van der Waals surface area (Å²) in [4.78, 5) is 19.6. The SMILES string of the molecule is C[C@H]1COCCN1c1cc(C2(S(=O)(=O)c3ccc(F)cc3)CC2)nc(-c2cnc(N)nc2)n1. The van der Waals surface area contributed by atoms with Crippen molar-refractivity contribution in [1.29, 1.82) is 0 Å². The summed E-state index contributed by atoms with van der Waals surface area (Å²) in [5, 5.41) is 0. The van der Waals surface area contributed by atoms with Crippen molar-refractivity contribution in [3.05, 3.63) is 54.2 Å². The van der Waals surface area contributed by atoms with Crippen LogP contribution in [0.3, 0.4) is 0 Å². The topological polar surface area (TPSA) is 124 Å². The fourth-order valence-corrected chi connectivity index (χ4v) is 6.05. The lowest BCUT2D eigenvalue weighted by atomic mass is 10.2. The predicted molar refractivity (Wildman–Crippen MR) is 120 cm³/mol. The van der Waals surface area contributed by atoms with E-state index in [1.54, 1.807) is 6.07 Å². The average molecular weight is 471 g/mol. The van der Waals surface area contributed by atoms with Gasteiger partial charge in [-0.05, 0) is 44.0 Å². The van der Waals surface area contributed by atoms with Gasteiger partial charge in [0.05, 0.1) is 35.4 Å². The summed E-state index contributed by atoms with van der Waals surface area (Å²) in [6, 6.07) is 6.71. The normalized spacial score (nSPS) is 19.9. The summed E-state index contributed by atoms with van der Waals surface area (Å²) in [7, 11) is -3.82. The number of hydrogen-bond acceptors (Lipinski definition) is 9. The van der Waals surface area contributed by atoms with E-state index in [1.807, 2.05) is 6.92 Å². The molecule has 1 aliphatic heterocycles. The molecule has 0 bridgehead atoms. The van der Waals surface area contributed by atoms with Gasteiger partial charge in [-0.25, -0.2) is 32.7 Å². The molecule has 1 saturated heterocycles. The second-order valence-corrected chi connectivity index (χ2v) is 10.6. The molecule has 2 N–H and O–H groups in total. The van der Waals surface area contributed by atoms with E-state index in [4.69, 9.17) is 15.5 Å². The van der Waals surface area contributed by atoms with Crippen LogP contribution in [0.15, 0.2) is 47.6 Å². The molecule has 1 aliphatic carbocycles. The summed E-state index contributed by atoms with van der Waals surface area (Å²) in [5.41, 5.74) is 6.56. The maximum Gasteiger partial charge on any atom is 0.219 e. The quantitative estimate of drug-likeness (QED) is 0.560. The zero-order valence-electron chi connectivity index (χ0n) is 18.0. The second-order valence-electron chi connectivity index (χ2n) is 8.33. The molecular formula is C22H23FN6O3S. The second kappa shape index (κ2) is 7.99. The Morgan fingerprint density at radius 2 is 1.85 bits per heavy atom. The first-order valence-corrected chi connectivity index (χ1v) is 12.1. The first-order chi connectivity index (χ1) is 15.8. The van der Waals surface area contributed by atoms with E-state index in [0.717, 1.165) is 12.1 Å². The van der Waals surface area contributed by atoms with E-state index in [-0.39, 0.29) is 16.9 Å². The van der Waals surface area contributed by atoms with Crippen LogP contribution in [-0.4, -0.2) is 54.2 Å². The third-order valence-corrected chi connectivity index (χ3v) is 8.65. The number of anilines is 2. The molecule has 1 atom stereocenters. The molecule has 11 heteroatoms. The van der Waals surface area contributed by atoms with Crippen LogP contribution in [-0.2, 0) is 19.3 Å². The van der Waals surface area contributed by atoms with Crippen molar-refractivity contribution < 1.29 is 17.5 Å². The van der Waals surface area contributed by atoms with Crippen molar-refractivity contribution in [3.63, 3.8) is 0 Å². The number of rotatable bonds is 5. The van der Waals surface area contributed by atoms with Gasteiger partial charge in [0.2, 0.25) is 5.95 Å². The van der Waals surface area contributed by atoms with Gasteiger partial charge in [0.1, 0.15) is 16.4 Å². The first-order valence-electron chi connectivity index (χ1n) is 10.6. The molecule has 1 saturated carbocycles. The minimum absolute atomic E-state index is 0.0564. The molecule has 3 heterocycles. The van der Waals surface area contributed by atoms with E-state index in [1.165, 1.54) is 24.5 Å². The van der Waals surface area contributed by atoms with Crippen molar-refractivity contribution in [1.82, 2.24) is 19.9 Å². The molecular weight excluding hydrogens is 447 g/mol. The van der Waals surface area contributed by atoms with Gasteiger partial charge in [-0.2, -0.15) is 0 Å². The lowest BCUT2D eigenvalue weighted by Crippen LogP contribution is -2.44. The molecule has 0 amide bonds. The number of nitrogen functional groups attached to an aromatic ring is 1. The number of nitrogens with zero attached hydrogens (tertiary/aromatic N) is 5. The monoisotopic (exact) mass is 470 g/mol. The molecule has 2 fully saturated rings. The Morgan fingerprint density at radius 1 is 1.15 bits per heavy atom. The van der Waals surface area contributed by atoms with Crippen LogP contribution < -0.4 is 10.6 Å². The number of hydrogen-bond donors (Lipinski definition) is 1. The van der Waals surface area contributed by atoms with Gasteiger partial charge in [0.25, 0.3) is 0 Å². The van der Waals surface area contributed by atoms with Crippen LogP contribution in [0.25, 0.3) is 11.4 Å². The van der Waals surface area contributed by atoms with Crippen LogP contribution in [0.2, 0.25) is 0 Å². The van der Waals surface area contributed by atoms with Crippen LogP contribution in [0.1, 0.15) is 25.5 Å². The molecule has 9 nitrogen and oxygen atoms in total. The van der Waals surface area contributed by atoms with Gasteiger partial charge in [0.15, 0.2) is 15.7 Å². The largest absolute Gasteiger partial charge is 0.377 e. The molecule has 2 aliphatic rings. The molecule has 172 valence electrons. The minimum Gasteiger partial charge on any atom is -0.377 e. The molecule has 2 aromatic heterocycles. The molecule has 0 unspecified atom stereocenters. The molecule has 33 heavy (non-hydrogen) atoms. The van der Waals surface area contributed by atoms with E-state index in [0.29, 0.717) is 55.5 Å². The van der Waals surface area contributed by atoms with Gasteiger partial charge in [-0.15, -0.1) is 0 Å². The van der Waals surface area contributed by atoms with E-state index in [2.05, 4.69) is 19.9 Å².